The highest BCUT2D eigenvalue weighted by Gasteiger charge is 2.40. The second-order valence-corrected chi connectivity index (χ2v) is 4.75. The van der Waals surface area contributed by atoms with Crippen LogP contribution in [0.1, 0.15) is 18.4 Å². The van der Waals surface area contributed by atoms with Crippen LogP contribution in [0.2, 0.25) is 0 Å². The molecular weight excluding hydrogens is 230 g/mol. The van der Waals surface area contributed by atoms with E-state index in [-0.39, 0.29) is 17.9 Å². The largest absolute Gasteiger partial charge is 0.471 e. The van der Waals surface area contributed by atoms with Crippen LogP contribution in [0.3, 0.4) is 0 Å². The molecule has 5 heteroatoms. The summed E-state index contributed by atoms with van der Waals surface area (Å²) in [6, 6.07) is 5.29. The molecule has 1 aliphatic heterocycles. The van der Waals surface area contributed by atoms with Crippen molar-refractivity contribution < 1.29 is 9.53 Å². The first-order valence-electron chi connectivity index (χ1n) is 6.08. The number of pyridine rings is 1. The molecule has 1 saturated heterocycles. The van der Waals surface area contributed by atoms with E-state index in [2.05, 4.69) is 4.98 Å². The zero-order valence-electron chi connectivity index (χ0n) is 9.87. The number of ether oxygens (including phenoxy) is 1. The van der Waals surface area contributed by atoms with Gasteiger partial charge in [-0.25, -0.2) is 4.98 Å². The molecule has 2 fully saturated rings. The summed E-state index contributed by atoms with van der Waals surface area (Å²) >= 11 is 0. The van der Waals surface area contributed by atoms with E-state index in [9.17, 15) is 4.79 Å². The maximum Gasteiger partial charge on any atom is 0.225 e. The van der Waals surface area contributed by atoms with E-state index in [1.165, 1.54) is 0 Å². The number of carbonyl (C=O) groups excluding carboxylic acids is 1. The SMILES string of the molecule is N#Cc1ccnc(OC2CN(C(=O)C3CC3)C2)c1. The lowest BCUT2D eigenvalue weighted by Gasteiger charge is -2.38. The van der Waals surface area contributed by atoms with Gasteiger partial charge in [0.1, 0.15) is 6.10 Å². The maximum absolute atomic E-state index is 11.7. The molecule has 1 aliphatic carbocycles. The molecule has 1 saturated carbocycles. The molecule has 0 bridgehead atoms. The summed E-state index contributed by atoms with van der Waals surface area (Å²) in [7, 11) is 0. The Hall–Kier alpha value is -2.09. The number of amides is 1. The molecule has 5 nitrogen and oxygen atoms in total. The molecule has 1 amide bonds. The molecule has 3 rings (SSSR count). The number of aromatic nitrogens is 1. The van der Waals surface area contributed by atoms with Crippen LogP contribution in [0.15, 0.2) is 18.3 Å². The van der Waals surface area contributed by atoms with Crippen LogP contribution < -0.4 is 4.74 Å². The van der Waals surface area contributed by atoms with Crippen molar-refractivity contribution >= 4 is 5.91 Å². The van der Waals surface area contributed by atoms with Gasteiger partial charge >= 0.3 is 0 Å². The number of carbonyl (C=O) groups is 1. The molecule has 0 atom stereocenters. The standard InChI is InChI=1S/C13H13N3O2/c14-6-9-3-4-15-12(5-9)18-11-7-16(8-11)13(17)10-1-2-10/h3-5,10-11H,1-2,7-8H2. The van der Waals surface area contributed by atoms with Gasteiger partial charge in [-0.1, -0.05) is 0 Å². The summed E-state index contributed by atoms with van der Waals surface area (Å²) in [5.41, 5.74) is 0.533. The minimum Gasteiger partial charge on any atom is -0.471 e. The number of rotatable bonds is 3. The van der Waals surface area contributed by atoms with Crippen molar-refractivity contribution in [2.24, 2.45) is 5.92 Å². The van der Waals surface area contributed by atoms with Crippen molar-refractivity contribution in [1.29, 1.82) is 5.26 Å². The van der Waals surface area contributed by atoms with E-state index in [4.69, 9.17) is 10.00 Å². The third-order valence-corrected chi connectivity index (χ3v) is 3.24. The lowest BCUT2D eigenvalue weighted by molar-refractivity contribution is -0.141. The summed E-state index contributed by atoms with van der Waals surface area (Å²) < 4.78 is 5.62. The Kier molecular flexibility index (Phi) is 2.63. The number of hydrogen-bond acceptors (Lipinski definition) is 4. The minimum absolute atomic E-state index is 0.00847. The molecule has 0 spiro atoms. The fraction of sp³-hybridized carbons (Fsp3) is 0.462. The minimum atomic E-state index is 0.00847. The van der Waals surface area contributed by atoms with E-state index >= 15 is 0 Å². The average molecular weight is 243 g/mol. The lowest BCUT2D eigenvalue weighted by atomic mass is 10.1. The Morgan fingerprint density at radius 2 is 2.28 bits per heavy atom. The first-order chi connectivity index (χ1) is 8.76. The van der Waals surface area contributed by atoms with Gasteiger partial charge in [0.15, 0.2) is 0 Å². The number of nitrogens with zero attached hydrogens (tertiary/aromatic N) is 3. The average Bonchev–Trinajstić information content (AvgIpc) is 3.17. The van der Waals surface area contributed by atoms with Crippen LogP contribution >= 0.6 is 0 Å². The normalized spacial score (nSPS) is 18.9. The second kappa shape index (κ2) is 4.30. The third kappa shape index (κ3) is 2.14. The summed E-state index contributed by atoms with van der Waals surface area (Å²) in [6.07, 6.45) is 3.63. The summed E-state index contributed by atoms with van der Waals surface area (Å²) in [5, 5.41) is 8.76. The molecular formula is C13H13N3O2. The van der Waals surface area contributed by atoms with E-state index in [1.54, 1.807) is 18.3 Å². The van der Waals surface area contributed by atoms with Crippen molar-refractivity contribution in [1.82, 2.24) is 9.88 Å². The van der Waals surface area contributed by atoms with Gasteiger partial charge in [-0.05, 0) is 18.9 Å². The Balaban J connectivity index is 1.53. The number of nitriles is 1. The van der Waals surface area contributed by atoms with E-state index in [0.29, 0.717) is 24.5 Å². The smallest absolute Gasteiger partial charge is 0.225 e. The zero-order chi connectivity index (χ0) is 12.5. The molecule has 0 N–H and O–H groups in total. The van der Waals surface area contributed by atoms with Crippen LogP contribution in [-0.4, -0.2) is 35.0 Å². The van der Waals surface area contributed by atoms with E-state index in [0.717, 1.165) is 12.8 Å². The van der Waals surface area contributed by atoms with Crippen molar-refractivity contribution in [2.75, 3.05) is 13.1 Å². The molecule has 2 heterocycles. The monoisotopic (exact) mass is 243 g/mol. The number of likely N-dealkylation sites (tertiary alicyclic amines) is 1. The lowest BCUT2D eigenvalue weighted by Crippen LogP contribution is -2.56. The van der Waals surface area contributed by atoms with Gasteiger partial charge in [0.2, 0.25) is 11.8 Å². The quantitative estimate of drug-likeness (QED) is 0.792. The van der Waals surface area contributed by atoms with E-state index in [1.807, 2.05) is 11.0 Å². The van der Waals surface area contributed by atoms with Gasteiger partial charge in [-0.15, -0.1) is 0 Å². The maximum atomic E-state index is 11.7. The van der Waals surface area contributed by atoms with Gasteiger partial charge in [-0.3, -0.25) is 4.79 Å². The predicted octanol–water partition coefficient (Wildman–Crippen LogP) is 0.953. The van der Waals surface area contributed by atoms with Crippen molar-refractivity contribution in [3.05, 3.63) is 23.9 Å². The molecule has 2 aliphatic rings. The molecule has 18 heavy (non-hydrogen) atoms. The van der Waals surface area contributed by atoms with Gasteiger partial charge in [-0.2, -0.15) is 5.26 Å². The van der Waals surface area contributed by atoms with Crippen molar-refractivity contribution in [3.63, 3.8) is 0 Å². The highest BCUT2D eigenvalue weighted by molar-refractivity contribution is 5.81. The fourth-order valence-electron chi connectivity index (χ4n) is 2.00. The Labute approximate surface area is 105 Å². The van der Waals surface area contributed by atoms with Crippen molar-refractivity contribution in [3.8, 4) is 11.9 Å². The van der Waals surface area contributed by atoms with Crippen LogP contribution in [0.5, 0.6) is 5.88 Å². The first kappa shape index (κ1) is 11.0. The Morgan fingerprint density at radius 3 is 2.94 bits per heavy atom. The van der Waals surface area contributed by atoms with Crippen LogP contribution in [0.4, 0.5) is 0 Å². The zero-order valence-corrected chi connectivity index (χ0v) is 9.87. The van der Waals surface area contributed by atoms with Crippen molar-refractivity contribution in [2.45, 2.75) is 18.9 Å². The molecule has 0 unspecified atom stereocenters. The van der Waals surface area contributed by atoms with Crippen LogP contribution in [-0.2, 0) is 4.79 Å². The van der Waals surface area contributed by atoms with Crippen LogP contribution in [0.25, 0.3) is 0 Å². The molecule has 1 aromatic heterocycles. The summed E-state index contributed by atoms with van der Waals surface area (Å²) in [5.74, 6) is 0.983. The molecule has 0 radical (unpaired) electrons. The van der Waals surface area contributed by atoms with E-state index < -0.39 is 0 Å². The molecule has 92 valence electrons. The highest BCUT2D eigenvalue weighted by atomic mass is 16.5. The van der Waals surface area contributed by atoms with Gasteiger partial charge in [0, 0.05) is 18.2 Å². The molecule has 1 aromatic rings. The second-order valence-electron chi connectivity index (χ2n) is 4.75. The summed E-state index contributed by atoms with van der Waals surface area (Å²) in [4.78, 5) is 17.6. The Morgan fingerprint density at radius 1 is 1.50 bits per heavy atom. The topological polar surface area (TPSA) is 66.2 Å². The summed E-state index contributed by atoms with van der Waals surface area (Å²) in [6.45, 7) is 1.27. The van der Waals surface area contributed by atoms with Gasteiger partial charge < -0.3 is 9.64 Å². The highest BCUT2D eigenvalue weighted by Crippen LogP contribution is 2.32. The van der Waals surface area contributed by atoms with Gasteiger partial charge in [0.05, 0.1) is 24.7 Å². The first-order valence-corrected chi connectivity index (χ1v) is 6.08. The predicted molar refractivity (Wildman–Crippen MR) is 62.7 cm³/mol. The number of hydrogen-bond donors (Lipinski definition) is 0. The molecule has 0 aromatic carbocycles. The fourth-order valence-corrected chi connectivity index (χ4v) is 2.00. The third-order valence-electron chi connectivity index (χ3n) is 3.24. The van der Waals surface area contributed by atoms with Crippen LogP contribution in [0, 0.1) is 17.2 Å². The van der Waals surface area contributed by atoms with Gasteiger partial charge in [0.25, 0.3) is 0 Å². The Bertz CT molecular complexity index is 513.